The van der Waals surface area contributed by atoms with Crippen molar-refractivity contribution < 1.29 is 18.9 Å². The molecule has 0 spiro atoms. The molecule has 2 aromatic heterocycles. The summed E-state index contributed by atoms with van der Waals surface area (Å²) in [6.45, 7) is 3.78. The summed E-state index contributed by atoms with van der Waals surface area (Å²) < 4.78 is 12.2. The normalized spacial score (nSPS) is 11.5. The molecule has 0 aliphatic rings. The van der Waals surface area contributed by atoms with Gasteiger partial charge < -0.3 is 13.9 Å². The smallest absolute Gasteiger partial charge is 0.263 e. The molecule has 2 aromatic carbocycles. The molecule has 32 heavy (non-hydrogen) atoms. The molecule has 0 atom stereocenters. The molecule has 0 unspecified atom stereocenters. The van der Waals surface area contributed by atoms with E-state index >= 15 is 0 Å². The molecule has 2 heterocycles. The largest absolute Gasteiger partial charge is 0.867 e. The van der Waals surface area contributed by atoms with Crippen LogP contribution < -0.4 is 5.11 Å². The van der Waals surface area contributed by atoms with E-state index in [4.69, 9.17) is 8.83 Å². The summed E-state index contributed by atoms with van der Waals surface area (Å²) >= 11 is 3.19. The first-order valence-corrected chi connectivity index (χ1v) is 10.5. The van der Waals surface area contributed by atoms with Crippen molar-refractivity contribution in [3.05, 3.63) is 109 Å². The van der Waals surface area contributed by atoms with Crippen LogP contribution in [-0.4, -0.2) is 11.1 Å². The Hall–Kier alpha value is -3.65. The Morgan fingerprint density at radius 2 is 1.56 bits per heavy atom. The standard InChI is InChI=1S/C24H19BrN2O5/c1-14-3-9-21(31-14)23(22-10-4-15(2)32-22)16-5-7-19(8-6-16)26-13-17-11-18(25)12-20(24(17)28)27(29)30/h3-13,23,28H,1-2H3/p-1. The summed E-state index contributed by atoms with van der Waals surface area (Å²) in [7, 11) is 0. The molecule has 0 amide bonds. The Morgan fingerprint density at radius 3 is 2.06 bits per heavy atom. The Balaban J connectivity index is 1.64. The van der Waals surface area contributed by atoms with E-state index < -0.39 is 16.4 Å². The van der Waals surface area contributed by atoms with Crippen LogP contribution in [0.1, 0.15) is 40.1 Å². The molecule has 0 bridgehead atoms. The van der Waals surface area contributed by atoms with Gasteiger partial charge in [0, 0.05) is 16.8 Å². The van der Waals surface area contributed by atoms with Gasteiger partial charge in [0.1, 0.15) is 29.0 Å². The predicted octanol–water partition coefficient (Wildman–Crippen LogP) is 6.16. The van der Waals surface area contributed by atoms with Gasteiger partial charge >= 0.3 is 0 Å². The van der Waals surface area contributed by atoms with E-state index in [1.807, 2.05) is 50.2 Å². The molecule has 0 aliphatic heterocycles. The number of aryl methyl sites for hydroxylation is 2. The van der Waals surface area contributed by atoms with E-state index in [0.717, 1.165) is 28.6 Å². The van der Waals surface area contributed by atoms with Crippen molar-refractivity contribution in [2.75, 3.05) is 0 Å². The first-order chi connectivity index (χ1) is 15.3. The number of furan rings is 2. The molecule has 4 aromatic rings. The van der Waals surface area contributed by atoms with E-state index in [-0.39, 0.29) is 11.5 Å². The van der Waals surface area contributed by atoms with Crippen LogP contribution >= 0.6 is 15.9 Å². The fourth-order valence-electron chi connectivity index (χ4n) is 3.41. The third-order valence-corrected chi connectivity index (χ3v) is 5.39. The number of benzene rings is 2. The number of nitrogens with zero attached hydrogens (tertiary/aromatic N) is 2. The van der Waals surface area contributed by atoms with Crippen LogP contribution in [0, 0.1) is 24.0 Å². The van der Waals surface area contributed by atoms with Crippen LogP contribution in [0.25, 0.3) is 0 Å². The SMILES string of the molecule is Cc1ccc(C(c2ccc(N=Cc3cc(Br)cc([N+](=O)[O-])c3[O-])cc2)c2ccc(C)o2)o1. The van der Waals surface area contributed by atoms with Gasteiger partial charge in [0.05, 0.1) is 10.6 Å². The average molecular weight is 494 g/mol. The van der Waals surface area contributed by atoms with Crippen LogP contribution in [0.2, 0.25) is 0 Å². The van der Waals surface area contributed by atoms with Crippen LogP contribution in [0.5, 0.6) is 5.75 Å². The third kappa shape index (κ3) is 4.50. The fourth-order valence-corrected chi connectivity index (χ4v) is 3.88. The molecule has 7 nitrogen and oxygen atoms in total. The van der Waals surface area contributed by atoms with Crippen LogP contribution in [0.15, 0.2) is 79.0 Å². The second-order valence-electron chi connectivity index (χ2n) is 7.28. The van der Waals surface area contributed by atoms with Gasteiger partial charge in [-0.15, -0.1) is 0 Å². The average Bonchev–Trinajstić information content (AvgIpc) is 3.38. The predicted molar refractivity (Wildman–Crippen MR) is 122 cm³/mol. The number of hydrogen-bond donors (Lipinski definition) is 0. The van der Waals surface area contributed by atoms with Gasteiger partial charge in [-0.05, 0) is 73.2 Å². The molecule has 0 fully saturated rings. The summed E-state index contributed by atoms with van der Waals surface area (Å²) in [5.74, 6) is 2.27. The first kappa shape index (κ1) is 21.6. The minimum absolute atomic E-state index is 0.130. The van der Waals surface area contributed by atoms with Gasteiger partial charge in [-0.3, -0.25) is 15.1 Å². The van der Waals surface area contributed by atoms with Crippen molar-refractivity contribution in [1.29, 1.82) is 0 Å². The fraction of sp³-hybridized carbons (Fsp3) is 0.125. The third-order valence-electron chi connectivity index (χ3n) is 4.93. The van der Waals surface area contributed by atoms with Gasteiger partial charge in [-0.25, -0.2) is 0 Å². The Bertz CT molecular complexity index is 1260. The lowest BCUT2D eigenvalue weighted by Gasteiger charge is -2.13. The van der Waals surface area contributed by atoms with E-state index in [1.165, 1.54) is 18.3 Å². The summed E-state index contributed by atoms with van der Waals surface area (Å²) in [6, 6.07) is 17.8. The van der Waals surface area contributed by atoms with Crippen molar-refractivity contribution >= 4 is 33.5 Å². The zero-order valence-electron chi connectivity index (χ0n) is 17.2. The summed E-state index contributed by atoms with van der Waals surface area (Å²) in [4.78, 5) is 14.7. The van der Waals surface area contributed by atoms with Crippen molar-refractivity contribution in [2.45, 2.75) is 19.8 Å². The number of nitro groups is 1. The highest BCUT2D eigenvalue weighted by atomic mass is 79.9. The van der Waals surface area contributed by atoms with Crippen molar-refractivity contribution in [1.82, 2.24) is 0 Å². The Kier molecular flexibility index (Phi) is 5.96. The van der Waals surface area contributed by atoms with Crippen molar-refractivity contribution in [3.8, 4) is 5.75 Å². The highest BCUT2D eigenvalue weighted by Crippen LogP contribution is 2.35. The number of aliphatic imine (C=N–C) groups is 1. The zero-order chi connectivity index (χ0) is 22.8. The molecular weight excluding hydrogens is 476 g/mol. The molecule has 0 N–H and O–H groups in total. The number of halogens is 1. The van der Waals surface area contributed by atoms with Crippen LogP contribution in [0.3, 0.4) is 0 Å². The van der Waals surface area contributed by atoms with Gasteiger partial charge in [0.2, 0.25) is 0 Å². The second kappa shape index (κ2) is 8.84. The summed E-state index contributed by atoms with van der Waals surface area (Å²) in [6.07, 6.45) is 1.33. The topological polar surface area (TPSA) is 105 Å². The van der Waals surface area contributed by atoms with Crippen molar-refractivity contribution in [3.63, 3.8) is 0 Å². The maximum absolute atomic E-state index is 12.3. The van der Waals surface area contributed by atoms with Crippen LogP contribution in [-0.2, 0) is 0 Å². The molecule has 0 saturated heterocycles. The van der Waals surface area contributed by atoms with Gasteiger partial charge in [-0.2, -0.15) is 0 Å². The highest BCUT2D eigenvalue weighted by molar-refractivity contribution is 9.10. The molecule has 162 valence electrons. The lowest BCUT2D eigenvalue weighted by Crippen LogP contribution is -2.02. The lowest BCUT2D eigenvalue weighted by molar-refractivity contribution is -0.398. The summed E-state index contributed by atoms with van der Waals surface area (Å²) in [5.41, 5.74) is 1.18. The second-order valence-corrected chi connectivity index (χ2v) is 8.20. The molecule has 8 heteroatoms. The Morgan fingerprint density at radius 1 is 0.969 bits per heavy atom. The maximum Gasteiger partial charge on any atom is 0.263 e. The quantitative estimate of drug-likeness (QED) is 0.181. The van der Waals surface area contributed by atoms with Crippen molar-refractivity contribution in [2.24, 2.45) is 4.99 Å². The molecule has 0 saturated carbocycles. The lowest BCUT2D eigenvalue weighted by atomic mass is 9.94. The number of nitro benzene ring substituents is 1. The molecular formula is C24H18BrN2O5-. The minimum atomic E-state index is -0.702. The van der Waals surface area contributed by atoms with E-state index in [0.29, 0.717) is 10.2 Å². The van der Waals surface area contributed by atoms with Gasteiger partial charge in [0.15, 0.2) is 0 Å². The Labute approximate surface area is 192 Å². The molecule has 0 radical (unpaired) electrons. The van der Waals surface area contributed by atoms with E-state index in [9.17, 15) is 15.2 Å². The molecule has 0 aliphatic carbocycles. The minimum Gasteiger partial charge on any atom is -0.867 e. The summed E-state index contributed by atoms with van der Waals surface area (Å²) in [5, 5.41) is 23.3. The highest BCUT2D eigenvalue weighted by Gasteiger charge is 2.23. The van der Waals surface area contributed by atoms with Crippen LogP contribution in [0.4, 0.5) is 11.4 Å². The van der Waals surface area contributed by atoms with Gasteiger partial charge in [0.25, 0.3) is 5.69 Å². The monoisotopic (exact) mass is 493 g/mol. The number of rotatable bonds is 6. The number of hydrogen-bond acceptors (Lipinski definition) is 6. The van der Waals surface area contributed by atoms with E-state index in [1.54, 1.807) is 12.1 Å². The first-order valence-electron chi connectivity index (χ1n) is 9.73. The molecule has 4 rings (SSSR count). The van der Waals surface area contributed by atoms with E-state index in [2.05, 4.69) is 20.9 Å². The maximum atomic E-state index is 12.3. The zero-order valence-corrected chi connectivity index (χ0v) is 18.8. The van der Waals surface area contributed by atoms with Gasteiger partial charge in [-0.1, -0.05) is 28.1 Å².